The predicted molar refractivity (Wildman–Crippen MR) is 40.8 cm³/mol. The van der Waals surface area contributed by atoms with E-state index in [9.17, 15) is 0 Å². The fourth-order valence-corrected chi connectivity index (χ4v) is 0.338. The van der Waals surface area contributed by atoms with Gasteiger partial charge in [-0.25, -0.2) is 0 Å². The Morgan fingerprint density at radius 1 is 1.71 bits per heavy atom. The Balaban J connectivity index is 3.08. The number of nitrogens with one attached hydrogen (secondary N) is 1. The average molecular weight is 212 g/mol. The Morgan fingerprint density at radius 2 is 2.29 bits per heavy atom. The second kappa shape index (κ2) is 4.36. The Kier molecular flexibility index (Phi) is 4.49. The van der Waals surface area contributed by atoms with Gasteiger partial charge in [0.2, 0.25) is 0 Å². The van der Waals surface area contributed by atoms with Crippen molar-refractivity contribution >= 4 is 29.2 Å². The minimum atomic E-state index is 0.405. The lowest BCUT2D eigenvalue weighted by Crippen LogP contribution is -1.96. The van der Waals surface area contributed by atoms with Crippen molar-refractivity contribution in [2.45, 2.75) is 19.9 Å². The van der Waals surface area contributed by atoms with E-state index in [1.807, 2.05) is 36.7 Å². The molecule has 1 N–H and O–H groups in total. The molecule has 0 saturated heterocycles. The summed E-state index contributed by atoms with van der Waals surface area (Å²) in [6, 6.07) is 0.405. The van der Waals surface area contributed by atoms with Crippen molar-refractivity contribution in [2.24, 2.45) is 4.99 Å². The van der Waals surface area contributed by atoms with E-state index in [4.69, 9.17) is 0 Å². The first-order valence-corrected chi connectivity index (χ1v) is 3.23. The third kappa shape index (κ3) is 6.20. The molecule has 0 unspecified atom stereocenters. The van der Waals surface area contributed by atoms with Crippen LogP contribution in [0.5, 0.6) is 0 Å². The van der Waals surface area contributed by atoms with Gasteiger partial charge < -0.3 is 3.53 Å². The minimum absolute atomic E-state index is 0.405. The molecule has 0 amide bonds. The number of halogens is 1. The maximum absolute atomic E-state index is 4.00. The predicted octanol–water partition coefficient (Wildman–Crippen LogP) is 1.36. The zero-order valence-electron chi connectivity index (χ0n) is 4.48. The summed E-state index contributed by atoms with van der Waals surface area (Å²) in [5.74, 6) is 0. The van der Waals surface area contributed by atoms with Gasteiger partial charge in [-0.1, -0.05) is 0 Å². The standard InChI is InChI=1S/C4H9IN2/c1-4(2)6-3-7-5/h3-4H,1-2H3,(H,6,7). The lowest BCUT2D eigenvalue weighted by Gasteiger charge is -1.90. The molecule has 0 radical (unpaired) electrons. The number of hydrogen-bond donors (Lipinski definition) is 1. The second-order valence-electron chi connectivity index (χ2n) is 1.48. The number of rotatable bonds is 2. The summed E-state index contributed by atoms with van der Waals surface area (Å²) >= 11 is 2.02. The fraction of sp³-hybridized carbons (Fsp3) is 0.750. The van der Waals surface area contributed by atoms with Gasteiger partial charge in [-0.05, 0) is 13.8 Å². The highest BCUT2D eigenvalue weighted by Crippen LogP contribution is 1.80. The van der Waals surface area contributed by atoms with Gasteiger partial charge >= 0.3 is 0 Å². The smallest absolute Gasteiger partial charge is 0.0913 e. The molecule has 0 aromatic rings. The van der Waals surface area contributed by atoms with Crippen molar-refractivity contribution in [1.29, 1.82) is 0 Å². The molecule has 0 atom stereocenters. The first-order valence-electron chi connectivity index (χ1n) is 2.15. The summed E-state index contributed by atoms with van der Waals surface area (Å²) < 4.78 is 2.78. The van der Waals surface area contributed by atoms with Crippen molar-refractivity contribution in [3.8, 4) is 0 Å². The lowest BCUT2D eigenvalue weighted by molar-refractivity contribution is 0.838. The molecule has 2 nitrogen and oxygen atoms in total. The van der Waals surface area contributed by atoms with Crippen molar-refractivity contribution in [1.82, 2.24) is 3.53 Å². The third-order valence-electron chi connectivity index (χ3n) is 0.421. The van der Waals surface area contributed by atoms with Crippen LogP contribution in [0.25, 0.3) is 0 Å². The van der Waals surface area contributed by atoms with Crippen LogP contribution in [-0.2, 0) is 0 Å². The van der Waals surface area contributed by atoms with E-state index in [0.29, 0.717) is 6.04 Å². The van der Waals surface area contributed by atoms with E-state index >= 15 is 0 Å². The summed E-state index contributed by atoms with van der Waals surface area (Å²) in [5.41, 5.74) is 0. The molecule has 0 aliphatic rings. The van der Waals surface area contributed by atoms with Crippen molar-refractivity contribution < 1.29 is 0 Å². The molecule has 7 heavy (non-hydrogen) atoms. The summed E-state index contributed by atoms with van der Waals surface area (Å²) in [5, 5.41) is 0. The Hall–Kier alpha value is 0.200. The number of aliphatic imine (C=N–C) groups is 1. The molecular formula is C4H9IN2. The van der Waals surface area contributed by atoms with Crippen LogP contribution in [0.1, 0.15) is 13.8 Å². The zero-order chi connectivity index (χ0) is 5.70. The topological polar surface area (TPSA) is 24.4 Å². The molecule has 0 bridgehead atoms. The van der Waals surface area contributed by atoms with E-state index in [2.05, 4.69) is 8.52 Å². The summed E-state index contributed by atoms with van der Waals surface area (Å²) in [6.45, 7) is 4.06. The van der Waals surface area contributed by atoms with E-state index < -0.39 is 0 Å². The SMILES string of the molecule is CC(C)N=CNI. The van der Waals surface area contributed by atoms with Gasteiger partial charge in [-0.15, -0.1) is 0 Å². The maximum Gasteiger partial charge on any atom is 0.0913 e. The highest BCUT2D eigenvalue weighted by atomic mass is 127. The summed E-state index contributed by atoms with van der Waals surface area (Å²) in [6.07, 6.45) is 1.69. The van der Waals surface area contributed by atoms with Crippen LogP contribution in [0, 0.1) is 0 Å². The van der Waals surface area contributed by atoms with Gasteiger partial charge in [-0.2, -0.15) is 0 Å². The maximum atomic E-state index is 4.00. The Morgan fingerprint density at radius 3 is 2.43 bits per heavy atom. The molecule has 0 aliphatic heterocycles. The molecule has 0 aliphatic carbocycles. The molecule has 42 valence electrons. The molecule has 0 rings (SSSR count). The summed E-state index contributed by atoms with van der Waals surface area (Å²) in [4.78, 5) is 4.00. The monoisotopic (exact) mass is 212 g/mol. The highest BCUT2D eigenvalue weighted by molar-refractivity contribution is 14.1. The minimum Gasteiger partial charge on any atom is -0.320 e. The lowest BCUT2D eigenvalue weighted by atomic mass is 10.4. The van der Waals surface area contributed by atoms with Gasteiger partial charge in [0.1, 0.15) is 0 Å². The fourth-order valence-electron chi connectivity index (χ4n) is 0.177. The van der Waals surface area contributed by atoms with E-state index in [1.165, 1.54) is 0 Å². The van der Waals surface area contributed by atoms with Crippen LogP contribution in [0.15, 0.2) is 4.99 Å². The molecule has 0 aromatic carbocycles. The number of hydrogen-bond acceptors (Lipinski definition) is 1. The van der Waals surface area contributed by atoms with Crippen molar-refractivity contribution in [3.05, 3.63) is 0 Å². The molecule has 0 aromatic heterocycles. The van der Waals surface area contributed by atoms with Crippen LogP contribution in [0.3, 0.4) is 0 Å². The zero-order valence-corrected chi connectivity index (χ0v) is 6.64. The molecule has 0 fully saturated rings. The molecule has 0 spiro atoms. The van der Waals surface area contributed by atoms with Crippen LogP contribution >= 0.6 is 22.9 Å². The van der Waals surface area contributed by atoms with Crippen molar-refractivity contribution in [2.75, 3.05) is 0 Å². The quantitative estimate of drug-likeness (QED) is 0.318. The van der Waals surface area contributed by atoms with E-state index in [-0.39, 0.29) is 0 Å². The van der Waals surface area contributed by atoms with Gasteiger partial charge in [0, 0.05) is 6.04 Å². The van der Waals surface area contributed by atoms with Crippen LogP contribution in [-0.4, -0.2) is 12.4 Å². The largest absolute Gasteiger partial charge is 0.320 e. The molecule has 0 saturated carbocycles. The van der Waals surface area contributed by atoms with E-state index in [0.717, 1.165) is 0 Å². The average Bonchev–Trinajstić information content (AvgIpc) is 1.61. The van der Waals surface area contributed by atoms with Crippen LogP contribution < -0.4 is 3.53 Å². The Labute approximate surface area is 57.9 Å². The summed E-state index contributed by atoms with van der Waals surface area (Å²) in [7, 11) is 0. The van der Waals surface area contributed by atoms with Gasteiger partial charge in [0.25, 0.3) is 0 Å². The molecular weight excluding hydrogens is 203 g/mol. The second-order valence-corrected chi connectivity index (χ2v) is 2.10. The third-order valence-corrected chi connectivity index (χ3v) is 0.700. The first kappa shape index (κ1) is 7.20. The van der Waals surface area contributed by atoms with Gasteiger partial charge in [0.05, 0.1) is 29.2 Å². The molecule has 0 heterocycles. The van der Waals surface area contributed by atoms with Gasteiger partial charge in [0.15, 0.2) is 0 Å². The Bertz CT molecular complexity index is 60.7. The normalized spacial score (nSPS) is 10.9. The van der Waals surface area contributed by atoms with E-state index in [1.54, 1.807) is 6.34 Å². The van der Waals surface area contributed by atoms with Crippen LogP contribution in [0.4, 0.5) is 0 Å². The number of nitrogens with zero attached hydrogens (tertiary/aromatic N) is 1. The highest BCUT2D eigenvalue weighted by Gasteiger charge is 1.78. The van der Waals surface area contributed by atoms with Crippen LogP contribution in [0.2, 0.25) is 0 Å². The molecule has 3 heteroatoms. The first-order chi connectivity index (χ1) is 3.27. The van der Waals surface area contributed by atoms with Crippen molar-refractivity contribution in [3.63, 3.8) is 0 Å². The van der Waals surface area contributed by atoms with Gasteiger partial charge in [-0.3, -0.25) is 4.99 Å².